The second kappa shape index (κ2) is 8.37. The highest BCUT2D eigenvalue weighted by Crippen LogP contribution is 2.30. The van der Waals surface area contributed by atoms with E-state index in [0.717, 1.165) is 33.4 Å². The van der Waals surface area contributed by atoms with E-state index >= 15 is 0 Å². The molecule has 150 valence electrons. The first-order chi connectivity index (χ1) is 13.3. The van der Waals surface area contributed by atoms with E-state index in [4.69, 9.17) is 10.1 Å². The second-order valence-electron chi connectivity index (χ2n) is 7.88. The molecular formula is C18H26N6O2SSi. The predicted octanol–water partition coefficient (Wildman–Crippen LogP) is 2.85. The summed E-state index contributed by atoms with van der Waals surface area (Å²) < 4.78 is 8.27. The lowest BCUT2D eigenvalue weighted by molar-refractivity contribution is 0.137. The van der Waals surface area contributed by atoms with Crippen LogP contribution in [0, 0.1) is 5.41 Å². The van der Waals surface area contributed by atoms with Crippen molar-refractivity contribution in [2.75, 3.05) is 13.3 Å². The molecule has 0 aliphatic rings. The molecule has 3 N–H and O–H groups in total. The number of ether oxygens (including phenoxy) is 1. The molecule has 0 saturated carbocycles. The average molecular weight is 419 g/mol. The number of thiazole rings is 1. The van der Waals surface area contributed by atoms with Crippen molar-refractivity contribution in [3.63, 3.8) is 0 Å². The van der Waals surface area contributed by atoms with Gasteiger partial charge in [-0.1, -0.05) is 19.6 Å². The van der Waals surface area contributed by atoms with Crippen LogP contribution in [0.15, 0.2) is 23.3 Å². The van der Waals surface area contributed by atoms with Crippen LogP contribution in [0.2, 0.25) is 25.7 Å². The number of hydrogen-bond acceptors (Lipinski definition) is 7. The van der Waals surface area contributed by atoms with E-state index < -0.39 is 8.07 Å². The molecule has 0 atom stereocenters. The summed E-state index contributed by atoms with van der Waals surface area (Å²) in [6.45, 7) is 8.19. The first kappa shape index (κ1) is 20.4. The Balaban J connectivity index is 1.56. The normalized spacial score (nSPS) is 12.4. The van der Waals surface area contributed by atoms with Crippen molar-refractivity contribution in [2.45, 2.75) is 32.1 Å². The molecule has 0 unspecified atom stereocenters. The summed E-state index contributed by atoms with van der Waals surface area (Å²) in [6.07, 6.45) is 5.55. The van der Waals surface area contributed by atoms with Crippen LogP contribution in [0.1, 0.15) is 5.01 Å². The van der Waals surface area contributed by atoms with Crippen molar-refractivity contribution in [3.05, 3.63) is 33.8 Å². The van der Waals surface area contributed by atoms with Crippen molar-refractivity contribution >= 4 is 46.4 Å². The maximum atomic E-state index is 12.0. The zero-order valence-electron chi connectivity index (χ0n) is 16.6. The third-order valence-corrected chi connectivity index (χ3v) is 7.09. The van der Waals surface area contributed by atoms with Gasteiger partial charge in [0.15, 0.2) is 5.65 Å². The van der Waals surface area contributed by atoms with Gasteiger partial charge in [-0.3, -0.25) is 4.79 Å². The molecule has 0 aliphatic heterocycles. The Morgan fingerprint density at radius 1 is 1.46 bits per heavy atom. The summed E-state index contributed by atoms with van der Waals surface area (Å²) in [6, 6.07) is 1.14. The number of hydrogen-bond donors (Lipinski definition) is 3. The lowest BCUT2D eigenvalue weighted by atomic mass is 10.3. The van der Waals surface area contributed by atoms with Crippen LogP contribution in [0.25, 0.3) is 21.3 Å². The lowest BCUT2D eigenvalue weighted by Gasteiger charge is -2.15. The van der Waals surface area contributed by atoms with Crippen LogP contribution < -0.4 is 10.9 Å². The molecule has 28 heavy (non-hydrogen) atoms. The molecule has 0 amide bonds. The number of nitrogens with zero attached hydrogens (tertiary/aromatic N) is 3. The molecule has 0 fully saturated rings. The van der Waals surface area contributed by atoms with Crippen molar-refractivity contribution < 1.29 is 4.74 Å². The molecule has 3 aromatic heterocycles. The van der Waals surface area contributed by atoms with Crippen LogP contribution in [-0.2, 0) is 18.2 Å². The monoisotopic (exact) mass is 418 g/mol. The first-order valence-corrected chi connectivity index (χ1v) is 13.7. The standard InChI is InChI=1S/C18H26N6O2SSi/c1-24-15-13(10-21-23-18(15)25)16-17(24)22-14(27-16)9-12(19)5-6-20-11-26-7-8-28(2,3)4/h5-6,10,19-20H,7-9,11H2,1-4H3,(H,23,25)/b6-5-,19-12?. The van der Waals surface area contributed by atoms with Gasteiger partial charge < -0.3 is 20.0 Å². The van der Waals surface area contributed by atoms with Crippen LogP contribution in [0.4, 0.5) is 0 Å². The highest BCUT2D eigenvalue weighted by molar-refractivity contribution is 7.19. The zero-order valence-corrected chi connectivity index (χ0v) is 18.4. The number of aromatic amines is 1. The van der Waals surface area contributed by atoms with Crippen molar-refractivity contribution in [3.8, 4) is 0 Å². The number of H-pyrrole nitrogens is 1. The molecule has 10 heteroatoms. The van der Waals surface area contributed by atoms with Crippen LogP contribution in [0.3, 0.4) is 0 Å². The van der Waals surface area contributed by atoms with Gasteiger partial charge in [0, 0.05) is 45.4 Å². The number of fused-ring (bicyclic) bond motifs is 3. The van der Waals surface area contributed by atoms with Gasteiger partial charge in [-0.15, -0.1) is 11.3 Å². The third kappa shape index (κ3) is 4.75. The molecule has 8 nitrogen and oxygen atoms in total. The summed E-state index contributed by atoms with van der Waals surface area (Å²) in [4.78, 5) is 16.6. The van der Waals surface area contributed by atoms with E-state index in [0.29, 0.717) is 24.4 Å². The Morgan fingerprint density at radius 3 is 3.00 bits per heavy atom. The summed E-state index contributed by atoms with van der Waals surface area (Å²) in [5.41, 5.74) is 1.55. The highest BCUT2D eigenvalue weighted by Gasteiger charge is 2.16. The maximum Gasteiger partial charge on any atom is 0.288 e. The Kier molecular flexibility index (Phi) is 6.11. The molecule has 0 aromatic carbocycles. The quantitative estimate of drug-likeness (QED) is 0.214. The van der Waals surface area contributed by atoms with Gasteiger partial charge in [0.1, 0.15) is 17.3 Å². The van der Waals surface area contributed by atoms with E-state index in [1.807, 2.05) is 7.05 Å². The van der Waals surface area contributed by atoms with E-state index in [2.05, 4.69) is 40.1 Å². The van der Waals surface area contributed by atoms with Crippen molar-refractivity contribution in [2.24, 2.45) is 7.05 Å². The molecule has 0 spiro atoms. The average Bonchev–Trinajstić information content (AvgIpc) is 3.12. The Hall–Kier alpha value is -2.30. The Bertz CT molecular complexity index is 1080. The SMILES string of the molecule is Cn1c2nc(CC(=N)/C=C\NCOCC[Si](C)(C)C)sc2c2cn[nH]c(=O)c21. The molecule has 0 bridgehead atoms. The fraction of sp³-hybridized carbons (Fsp3) is 0.444. The smallest absolute Gasteiger partial charge is 0.288 e. The summed E-state index contributed by atoms with van der Waals surface area (Å²) in [7, 11) is 0.765. The van der Waals surface area contributed by atoms with Gasteiger partial charge in [0.2, 0.25) is 0 Å². The number of aryl methyl sites for hydroxylation is 1. The van der Waals surface area contributed by atoms with Gasteiger partial charge in [-0.25, -0.2) is 10.1 Å². The fourth-order valence-corrected chi connectivity index (χ4v) is 4.65. The van der Waals surface area contributed by atoms with Crippen molar-refractivity contribution in [1.29, 1.82) is 5.41 Å². The topological polar surface area (TPSA) is 109 Å². The number of nitrogens with one attached hydrogen (secondary N) is 3. The number of allylic oxidation sites excluding steroid dienone is 1. The molecule has 3 aromatic rings. The van der Waals surface area contributed by atoms with Crippen molar-refractivity contribution in [1.82, 2.24) is 25.1 Å². The summed E-state index contributed by atoms with van der Waals surface area (Å²) >= 11 is 1.50. The largest absolute Gasteiger partial charge is 0.369 e. The summed E-state index contributed by atoms with van der Waals surface area (Å²) in [5, 5.41) is 19.2. The van der Waals surface area contributed by atoms with Crippen LogP contribution in [-0.4, -0.2) is 46.9 Å². The van der Waals surface area contributed by atoms with Crippen LogP contribution in [0.5, 0.6) is 0 Å². The molecule has 3 rings (SSSR count). The maximum absolute atomic E-state index is 12.0. The highest BCUT2D eigenvalue weighted by atomic mass is 32.1. The Morgan fingerprint density at radius 2 is 2.25 bits per heavy atom. The van der Waals surface area contributed by atoms with Crippen LogP contribution >= 0.6 is 11.3 Å². The number of aromatic nitrogens is 4. The minimum absolute atomic E-state index is 0.222. The Labute approximate surface area is 168 Å². The minimum atomic E-state index is -1.06. The second-order valence-corrected chi connectivity index (χ2v) is 14.6. The molecule has 3 heterocycles. The summed E-state index contributed by atoms with van der Waals surface area (Å²) in [5.74, 6) is 0. The molecule has 0 saturated heterocycles. The lowest BCUT2D eigenvalue weighted by Crippen LogP contribution is -2.23. The molecule has 0 radical (unpaired) electrons. The van der Waals surface area contributed by atoms with E-state index in [1.165, 1.54) is 11.3 Å². The van der Waals surface area contributed by atoms with Gasteiger partial charge in [0.25, 0.3) is 5.56 Å². The fourth-order valence-electron chi connectivity index (χ4n) is 2.77. The van der Waals surface area contributed by atoms with E-state index in [9.17, 15) is 4.79 Å². The molecule has 0 aliphatic carbocycles. The number of rotatable bonds is 9. The van der Waals surface area contributed by atoms with E-state index in [-0.39, 0.29) is 5.56 Å². The molecular weight excluding hydrogens is 392 g/mol. The minimum Gasteiger partial charge on any atom is -0.369 e. The predicted molar refractivity (Wildman–Crippen MR) is 117 cm³/mol. The van der Waals surface area contributed by atoms with E-state index in [1.54, 1.807) is 23.0 Å². The van der Waals surface area contributed by atoms with Gasteiger partial charge in [-0.05, 0) is 12.1 Å². The van der Waals surface area contributed by atoms with Gasteiger partial charge in [0.05, 0.1) is 10.9 Å². The van der Waals surface area contributed by atoms with Gasteiger partial charge >= 0.3 is 0 Å². The third-order valence-electron chi connectivity index (χ3n) is 4.31. The zero-order chi connectivity index (χ0) is 20.3. The van der Waals surface area contributed by atoms with Gasteiger partial charge in [-0.2, -0.15) is 5.10 Å². The first-order valence-electron chi connectivity index (χ1n) is 9.13.